The summed E-state index contributed by atoms with van der Waals surface area (Å²) in [5, 5.41) is 0.250. The summed E-state index contributed by atoms with van der Waals surface area (Å²) in [6, 6.07) is 4.58. The lowest BCUT2D eigenvalue weighted by Crippen LogP contribution is -2.08. The Bertz CT molecular complexity index is 500. The van der Waals surface area contributed by atoms with E-state index in [1.54, 1.807) is 6.07 Å². The van der Waals surface area contributed by atoms with Crippen LogP contribution in [0.2, 0.25) is 5.02 Å². The summed E-state index contributed by atoms with van der Waals surface area (Å²) in [5.74, 6) is 0.141. The van der Waals surface area contributed by atoms with Gasteiger partial charge < -0.3 is 5.73 Å². The number of benzene rings is 1. The fraction of sp³-hybridized carbons (Fsp3) is 0.571. The highest BCUT2D eigenvalue weighted by Gasteiger charge is 2.17. The first-order valence-corrected chi connectivity index (χ1v) is 8.78. The number of nitrogen functional groups attached to an aromatic ring is 1. The number of hydrogen-bond donors (Lipinski definition) is 1. The SMILES string of the molecule is CCCCCCCCS(=O)(=O)c1cc(N)ccc1Cl. The summed E-state index contributed by atoms with van der Waals surface area (Å²) in [5.41, 5.74) is 6.03. The molecule has 0 spiro atoms. The Morgan fingerprint density at radius 3 is 2.42 bits per heavy atom. The van der Waals surface area contributed by atoms with Gasteiger partial charge in [-0.1, -0.05) is 50.6 Å². The van der Waals surface area contributed by atoms with Crippen molar-refractivity contribution in [2.45, 2.75) is 50.3 Å². The van der Waals surface area contributed by atoms with Crippen LogP contribution in [-0.2, 0) is 9.84 Å². The van der Waals surface area contributed by atoms with Crippen LogP contribution in [-0.4, -0.2) is 14.2 Å². The summed E-state index contributed by atoms with van der Waals surface area (Å²) in [6.07, 6.45) is 6.30. The zero-order valence-corrected chi connectivity index (χ0v) is 12.9. The summed E-state index contributed by atoms with van der Waals surface area (Å²) in [7, 11) is -3.32. The van der Waals surface area contributed by atoms with Crippen LogP contribution in [0.3, 0.4) is 0 Å². The average molecular weight is 304 g/mol. The molecule has 0 aromatic heterocycles. The third-order valence-corrected chi connectivity index (χ3v) is 5.33. The van der Waals surface area contributed by atoms with Crippen LogP contribution < -0.4 is 5.73 Å². The zero-order valence-electron chi connectivity index (χ0n) is 11.4. The van der Waals surface area contributed by atoms with E-state index in [1.165, 1.54) is 31.4 Å². The summed E-state index contributed by atoms with van der Waals surface area (Å²) >= 11 is 5.93. The van der Waals surface area contributed by atoms with E-state index in [9.17, 15) is 8.42 Å². The molecule has 0 aliphatic rings. The minimum atomic E-state index is -3.32. The molecule has 19 heavy (non-hydrogen) atoms. The van der Waals surface area contributed by atoms with Crippen molar-refractivity contribution in [2.24, 2.45) is 0 Å². The lowest BCUT2D eigenvalue weighted by atomic mass is 10.1. The minimum Gasteiger partial charge on any atom is -0.399 e. The third-order valence-electron chi connectivity index (χ3n) is 3.06. The summed E-state index contributed by atoms with van der Waals surface area (Å²) in [4.78, 5) is 0.155. The van der Waals surface area contributed by atoms with Crippen LogP contribution in [0.5, 0.6) is 0 Å². The van der Waals surface area contributed by atoms with Gasteiger partial charge in [0.15, 0.2) is 9.84 Å². The van der Waals surface area contributed by atoms with Gasteiger partial charge in [-0.2, -0.15) is 0 Å². The van der Waals surface area contributed by atoms with E-state index in [2.05, 4.69) is 6.92 Å². The molecular weight excluding hydrogens is 282 g/mol. The van der Waals surface area contributed by atoms with Gasteiger partial charge in [0.1, 0.15) is 0 Å². The molecule has 0 bridgehead atoms. The molecule has 108 valence electrons. The maximum Gasteiger partial charge on any atom is 0.179 e. The van der Waals surface area contributed by atoms with E-state index in [-0.39, 0.29) is 15.7 Å². The second-order valence-corrected chi connectivity index (χ2v) is 7.26. The first-order valence-electron chi connectivity index (χ1n) is 6.75. The van der Waals surface area contributed by atoms with Gasteiger partial charge in [-0.05, 0) is 24.6 Å². The van der Waals surface area contributed by atoms with E-state index in [0.717, 1.165) is 12.8 Å². The van der Waals surface area contributed by atoms with E-state index >= 15 is 0 Å². The predicted molar refractivity (Wildman–Crippen MR) is 81.3 cm³/mol. The largest absolute Gasteiger partial charge is 0.399 e. The van der Waals surface area contributed by atoms with E-state index in [0.29, 0.717) is 12.1 Å². The first kappa shape index (κ1) is 16.3. The van der Waals surface area contributed by atoms with Crippen molar-refractivity contribution in [1.29, 1.82) is 0 Å². The van der Waals surface area contributed by atoms with Crippen molar-refractivity contribution in [1.82, 2.24) is 0 Å². The van der Waals surface area contributed by atoms with E-state index in [4.69, 9.17) is 17.3 Å². The molecule has 1 aromatic carbocycles. The number of rotatable bonds is 8. The normalized spacial score (nSPS) is 11.7. The van der Waals surface area contributed by atoms with Crippen LogP contribution in [0, 0.1) is 0 Å². The van der Waals surface area contributed by atoms with Gasteiger partial charge >= 0.3 is 0 Å². The predicted octanol–water partition coefficient (Wildman–Crippen LogP) is 4.06. The van der Waals surface area contributed by atoms with Crippen molar-refractivity contribution in [2.75, 3.05) is 11.5 Å². The number of sulfone groups is 1. The number of halogens is 1. The molecule has 0 aliphatic heterocycles. The number of nitrogens with two attached hydrogens (primary N) is 1. The minimum absolute atomic E-state index is 0.141. The molecule has 3 nitrogen and oxygen atoms in total. The Balaban J connectivity index is 2.54. The molecule has 0 atom stereocenters. The smallest absolute Gasteiger partial charge is 0.179 e. The molecular formula is C14H22ClNO2S. The maximum atomic E-state index is 12.2. The zero-order chi connectivity index (χ0) is 14.3. The van der Waals surface area contributed by atoms with Gasteiger partial charge in [0.2, 0.25) is 0 Å². The Kier molecular flexibility index (Phi) is 6.66. The van der Waals surface area contributed by atoms with Gasteiger partial charge in [-0.3, -0.25) is 0 Å². The highest BCUT2D eigenvalue weighted by molar-refractivity contribution is 7.91. The monoisotopic (exact) mass is 303 g/mol. The molecule has 2 N–H and O–H groups in total. The Hall–Kier alpha value is -0.740. The molecule has 1 aromatic rings. The molecule has 0 amide bonds. The molecule has 5 heteroatoms. The standard InChI is InChI=1S/C14H22ClNO2S/c1-2-3-4-5-6-7-10-19(17,18)14-11-12(16)8-9-13(14)15/h8-9,11H,2-7,10,16H2,1H3. The molecule has 1 rings (SSSR count). The first-order chi connectivity index (χ1) is 8.97. The van der Waals surface area contributed by atoms with Gasteiger partial charge in [-0.15, -0.1) is 0 Å². The van der Waals surface area contributed by atoms with Crippen molar-refractivity contribution in [3.63, 3.8) is 0 Å². The lowest BCUT2D eigenvalue weighted by molar-refractivity contribution is 0.583. The number of unbranched alkanes of at least 4 members (excludes halogenated alkanes) is 5. The van der Waals surface area contributed by atoms with Crippen molar-refractivity contribution >= 4 is 27.1 Å². The fourth-order valence-corrected chi connectivity index (χ4v) is 3.90. The maximum absolute atomic E-state index is 12.2. The average Bonchev–Trinajstić information content (AvgIpc) is 2.36. The molecule has 0 radical (unpaired) electrons. The summed E-state index contributed by atoms with van der Waals surface area (Å²) in [6.45, 7) is 2.16. The fourth-order valence-electron chi connectivity index (χ4n) is 1.94. The second-order valence-electron chi connectivity index (χ2n) is 4.78. The number of anilines is 1. The topological polar surface area (TPSA) is 60.2 Å². The van der Waals surface area contributed by atoms with E-state index in [1.807, 2.05) is 0 Å². The van der Waals surface area contributed by atoms with Crippen molar-refractivity contribution in [3.8, 4) is 0 Å². The molecule has 0 saturated carbocycles. The highest BCUT2D eigenvalue weighted by Crippen LogP contribution is 2.25. The molecule has 0 heterocycles. The van der Waals surface area contributed by atoms with Crippen LogP contribution in [0.1, 0.15) is 45.4 Å². The molecule has 0 fully saturated rings. The Morgan fingerprint density at radius 1 is 1.11 bits per heavy atom. The van der Waals surface area contributed by atoms with Crippen LogP contribution in [0.25, 0.3) is 0 Å². The quantitative estimate of drug-likeness (QED) is 0.582. The third kappa shape index (κ3) is 5.41. The Morgan fingerprint density at radius 2 is 1.74 bits per heavy atom. The van der Waals surface area contributed by atoms with Gasteiger partial charge in [0.25, 0.3) is 0 Å². The highest BCUT2D eigenvalue weighted by atomic mass is 35.5. The van der Waals surface area contributed by atoms with E-state index < -0.39 is 9.84 Å². The molecule has 0 saturated heterocycles. The van der Waals surface area contributed by atoms with Crippen molar-refractivity contribution < 1.29 is 8.42 Å². The molecule has 0 aliphatic carbocycles. The van der Waals surface area contributed by atoms with Crippen LogP contribution in [0.4, 0.5) is 5.69 Å². The summed E-state index contributed by atoms with van der Waals surface area (Å²) < 4.78 is 24.3. The van der Waals surface area contributed by atoms with Gasteiger partial charge in [0.05, 0.1) is 15.7 Å². The lowest BCUT2D eigenvalue weighted by Gasteiger charge is -2.07. The van der Waals surface area contributed by atoms with Crippen LogP contribution >= 0.6 is 11.6 Å². The van der Waals surface area contributed by atoms with Crippen LogP contribution in [0.15, 0.2) is 23.1 Å². The van der Waals surface area contributed by atoms with Crippen molar-refractivity contribution in [3.05, 3.63) is 23.2 Å². The van der Waals surface area contributed by atoms with Gasteiger partial charge in [0, 0.05) is 5.69 Å². The number of hydrogen-bond acceptors (Lipinski definition) is 3. The second kappa shape index (κ2) is 7.75. The Labute approximate surface area is 121 Å². The molecule has 0 unspecified atom stereocenters. The van der Waals surface area contributed by atoms with Gasteiger partial charge in [-0.25, -0.2) is 8.42 Å².